The van der Waals surface area contributed by atoms with Gasteiger partial charge in [-0.2, -0.15) is 0 Å². The Balaban J connectivity index is 4.18. The van der Waals surface area contributed by atoms with Gasteiger partial charge in [-0.15, -0.1) is 0 Å². The molecule has 0 aromatic rings. The predicted molar refractivity (Wildman–Crippen MR) is 256 cm³/mol. The van der Waals surface area contributed by atoms with Crippen LogP contribution in [0, 0.1) is 0 Å². The van der Waals surface area contributed by atoms with Crippen LogP contribution in [0.3, 0.4) is 0 Å². The van der Waals surface area contributed by atoms with Gasteiger partial charge in [0.2, 0.25) is 0 Å². The summed E-state index contributed by atoms with van der Waals surface area (Å²) in [5.41, 5.74) is 0. The van der Waals surface area contributed by atoms with E-state index in [-0.39, 0.29) is 32.0 Å². The highest BCUT2D eigenvalue weighted by Gasteiger charge is 2.27. The lowest BCUT2D eigenvalue weighted by atomic mass is 10.0. The summed E-state index contributed by atoms with van der Waals surface area (Å²) < 4.78 is 34.3. The van der Waals surface area contributed by atoms with E-state index in [1.54, 1.807) is 0 Å². The fourth-order valence-electron chi connectivity index (χ4n) is 6.22. The van der Waals surface area contributed by atoms with Crippen LogP contribution in [0.25, 0.3) is 0 Å². The van der Waals surface area contributed by atoms with Gasteiger partial charge in [0.05, 0.1) is 27.7 Å². The molecule has 2 unspecified atom stereocenters. The molecule has 0 saturated heterocycles. The van der Waals surface area contributed by atoms with E-state index in [4.69, 9.17) is 18.5 Å². The first-order valence-corrected chi connectivity index (χ1v) is 25.7. The maximum atomic E-state index is 12.7. The summed E-state index contributed by atoms with van der Waals surface area (Å²) in [5.74, 6) is -0.818. The van der Waals surface area contributed by atoms with Crippen molar-refractivity contribution in [3.63, 3.8) is 0 Å². The number of carbonyl (C=O) groups is 2. The SMILES string of the molecule is CC/C=C\C/C=C\C/C=C\C/C=C\C/C=C\CCCCCCCCCCCCCC(=O)OC(COC(=O)CCCCCCC/C=C\CCC)COP(=O)(O)OCC[N+](C)(C)C. The largest absolute Gasteiger partial charge is 0.472 e. The molecule has 61 heavy (non-hydrogen) atoms. The highest BCUT2D eigenvalue weighted by Crippen LogP contribution is 2.43. The average molecular weight is 877 g/mol. The number of allylic oxidation sites excluding steroid dienone is 12. The summed E-state index contributed by atoms with van der Waals surface area (Å²) in [7, 11) is 1.46. The number of nitrogens with zero attached hydrogens (tertiary/aromatic N) is 1. The van der Waals surface area contributed by atoms with E-state index in [9.17, 15) is 19.0 Å². The van der Waals surface area contributed by atoms with Gasteiger partial charge in [-0.1, -0.05) is 170 Å². The van der Waals surface area contributed by atoms with Crippen molar-refractivity contribution < 1.29 is 42.1 Å². The number of hydrogen-bond acceptors (Lipinski definition) is 7. The molecule has 9 nitrogen and oxygen atoms in total. The zero-order valence-electron chi connectivity index (χ0n) is 39.6. The van der Waals surface area contributed by atoms with E-state index < -0.39 is 26.5 Å². The normalized spacial score (nSPS) is 14.1. The van der Waals surface area contributed by atoms with E-state index in [1.165, 1.54) is 51.4 Å². The number of rotatable bonds is 43. The van der Waals surface area contributed by atoms with Crippen LogP contribution < -0.4 is 0 Å². The van der Waals surface area contributed by atoms with Crippen molar-refractivity contribution in [1.29, 1.82) is 0 Å². The van der Waals surface area contributed by atoms with Gasteiger partial charge in [-0.05, 0) is 77.0 Å². The molecule has 0 amide bonds. The number of ether oxygens (including phenoxy) is 2. The van der Waals surface area contributed by atoms with E-state index in [0.29, 0.717) is 17.4 Å². The summed E-state index contributed by atoms with van der Waals surface area (Å²) in [5, 5.41) is 0. The Morgan fingerprint density at radius 1 is 0.525 bits per heavy atom. The fourth-order valence-corrected chi connectivity index (χ4v) is 6.96. The topological polar surface area (TPSA) is 108 Å². The van der Waals surface area contributed by atoms with Crippen LogP contribution in [0.2, 0.25) is 0 Å². The van der Waals surface area contributed by atoms with Gasteiger partial charge >= 0.3 is 19.8 Å². The standard InChI is InChI=1S/C51H90NO8P/c1-6-8-10-12-14-16-18-19-20-21-22-23-24-25-26-27-28-29-30-31-32-33-34-36-38-40-42-44-51(54)60-49(48-59-61(55,56)58-46-45-52(3,4)5)47-57-50(53)43-41-39-37-35-17-15-13-11-9-7-2/h8,10-11,13-14,16,19-20,22-23,25-26,49H,6-7,9,12,15,17-18,21,24,27-48H2,1-5H3/p+1/b10-8-,13-11-,16-14-,20-19-,23-22-,26-25-. The average Bonchev–Trinajstić information content (AvgIpc) is 3.21. The van der Waals surface area contributed by atoms with Gasteiger partial charge in [-0.3, -0.25) is 18.6 Å². The zero-order chi connectivity index (χ0) is 45.0. The van der Waals surface area contributed by atoms with Gasteiger partial charge in [0.1, 0.15) is 19.8 Å². The number of carbonyl (C=O) groups excluding carboxylic acids is 2. The van der Waals surface area contributed by atoms with Crippen LogP contribution in [0.1, 0.15) is 187 Å². The molecule has 0 bridgehead atoms. The van der Waals surface area contributed by atoms with Gasteiger partial charge in [0, 0.05) is 12.8 Å². The Labute approximate surface area is 374 Å². The summed E-state index contributed by atoms with van der Waals surface area (Å²) in [4.78, 5) is 35.4. The molecule has 1 N–H and O–H groups in total. The zero-order valence-corrected chi connectivity index (χ0v) is 40.5. The molecule has 0 aliphatic rings. The summed E-state index contributed by atoms with van der Waals surface area (Å²) in [6, 6.07) is 0. The lowest BCUT2D eigenvalue weighted by molar-refractivity contribution is -0.870. The van der Waals surface area contributed by atoms with Crippen LogP contribution >= 0.6 is 7.82 Å². The van der Waals surface area contributed by atoms with Gasteiger partial charge in [0.15, 0.2) is 6.10 Å². The van der Waals surface area contributed by atoms with Crippen molar-refractivity contribution in [1.82, 2.24) is 0 Å². The number of likely N-dealkylation sites (N-methyl/N-ethyl adjacent to an activating group) is 1. The summed E-state index contributed by atoms with van der Waals surface area (Å²) in [6.07, 6.45) is 53.9. The van der Waals surface area contributed by atoms with Crippen molar-refractivity contribution in [2.24, 2.45) is 0 Å². The maximum absolute atomic E-state index is 12.7. The molecule has 0 radical (unpaired) electrons. The molecule has 0 aliphatic carbocycles. The molecule has 0 fully saturated rings. The summed E-state index contributed by atoms with van der Waals surface area (Å²) >= 11 is 0. The monoisotopic (exact) mass is 877 g/mol. The second-order valence-corrected chi connectivity index (χ2v) is 18.6. The molecule has 0 rings (SSSR count). The van der Waals surface area contributed by atoms with Crippen LogP contribution in [0.4, 0.5) is 0 Å². The third-order valence-electron chi connectivity index (χ3n) is 9.95. The molecule has 2 atom stereocenters. The van der Waals surface area contributed by atoms with Crippen molar-refractivity contribution in [3.8, 4) is 0 Å². The first-order valence-electron chi connectivity index (χ1n) is 24.2. The Hall–Kier alpha value is -2.55. The Morgan fingerprint density at radius 3 is 1.41 bits per heavy atom. The molecular formula is C51H91NO8P+. The third kappa shape index (κ3) is 46.8. The minimum atomic E-state index is -4.38. The molecular weight excluding hydrogens is 786 g/mol. The Morgan fingerprint density at radius 2 is 0.934 bits per heavy atom. The predicted octanol–water partition coefficient (Wildman–Crippen LogP) is 14.2. The van der Waals surface area contributed by atoms with Crippen LogP contribution in [0.5, 0.6) is 0 Å². The van der Waals surface area contributed by atoms with E-state index >= 15 is 0 Å². The molecule has 0 aromatic heterocycles. The second-order valence-electron chi connectivity index (χ2n) is 17.1. The van der Waals surface area contributed by atoms with Gasteiger partial charge in [0.25, 0.3) is 0 Å². The van der Waals surface area contributed by atoms with Gasteiger partial charge in [-0.25, -0.2) is 4.57 Å². The van der Waals surface area contributed by atoms with Crippen molar-refractivity contribution in [2.45, 2.75) is 193 Å². The first-order chi connectivity index (χ1) is 29.5. The van der Waals surface area contributed by atoms with Crippen molar-refractivity contribution >= 4 is 19.8 Å². The van der Waals surface area contributed by atoms with Crippen molar-refractivity contribution in [3.05, 3.63) is 72.9 Å². The molecule has 0 aliphatic heterocycles. The number of esters is 2. The second kappa shape index (κ2) is 42.7. The highest BCUT2D eigenvalue weighted by molar-refractivity contribution is 7.47. The van der Waals surface area contributed by atoms with E-state index in [0.717, 1.165) is 103 Å². The number of hydrogen-bond donors (Lipinski definition) is 1. The Kier molecular flexibility index (Phi) is 40.9. The maximum Gasteiger partial charge on any atom is 0.472 e. The first kappa shape index (κ1) is 58.5. The molecule has 0 heterocycles. The quantitative estimate of drug-likeness (QED) is 0.0212. The lowest BCUT2D eigenvalue weighted by Gasteiger charge is -2.24. The molecule has 0 saturated carbocycles. The summed E-state index contributed by atoms with van der Waals surface area (Å²) in [6.45, 7) is 4.22. The van der Waals surface area contributed by atoms with Crippen LogP contribution in [-0.4, -0.2) is 74.9 Å². The smallest absolute Gasteiger partial charge is 0.462 e. The van der Waals surface area contributed by atoms with Crippen molar-refractivity contribution in [2.75, 3.05) is 47.5 Å². The van der Waals surface area contributed by atoms with Gasteiger partial charge < -0.3 is 18.9 Å². The van der Waals surface area contributed by atoms with Crippen LogP contribution in [-0.2, 0) is 32.7 Å². The molecule has 352 valence electrons. The molecule has 10 heteroatoms. The number of phosphoric ester groups is 1. The third-order valence-corrected chi connectivity index (χ3v) is 10.9. The van der Waals surface area contributed by atoms with Crippen LogP contribution in [0.15, 0.2) is 72.9 Å². The van der Waals surface area contributed by atoms with E-state index in [2.05, 4.69) is 86.8 Å². The minimum absolute atomic E-state index is 0.0270. The number of quaternary nitrogens is 1. The van der Waals surface area contributed by atoms with E-state index in [1.807, 2.05) is 21.1 Å². The number of unbranched alkanes of at least 4 members (excludes halogenated alkanes) is 17. The number of phosphoric acid groups is 1. The lowest BCUT2D eigenvalue weighted by Crippen LogP contribution is -2.37. The molecule has 0 aromatic carbocycles. The fraction of sp³-hybridized carbons (Fsp3) is 0.725. The highest BCUT2D eigenvalue weighted by atomic mass is 31.2. The molecule has 0 spiro atoms. The Bertz CT molecular complexity index is 1270. The minimum Gasteiger partial charge on any atom is -0.462 e.